The number of carbonyl (C=O) groups is 2. The monoisotopic (exact) mass is 381 g/mol. The van der Waals surface area contributed by atoms with Crippen molar-refractivity contribution in [3.8, 4) is 0 Å². The maximum absolute atomic E-state index is 13.3. The largest absolute Gasteiger partial charge is 0.340 e. The highest BCUT2D eigenvalue weighted by Gasteiger charge is 2.45. The van der Waals surface area contributed by atoms with Gasteiger partial charge in [-0.3, -0.25) is 19.6 Å². The predicted molar refractivity (Wildman–Crippen MR) is 106 cm³/mol. The molecule has 1 saturated heterocycles. The van der Waals surface area contributed by atoms with E-state index in [4.69, 9.17) is 0 Å². The Labute approximate surface area is 165 Å². The molecule has 0 aromatic carbocycles. The van der Waals surface area contributed by atoms with Gasteiger partial charge >= 0.3 is 0 Å². The van der Waals surface area contributed by atoms with E-state index in [1.165, 1.54) is 0 Å². The molecule has 28 heavy (non-hydrogen) atoms. The van der Waals surface area contributed by atoms with Crippen molar-refractivity contribution in [1.82, 2.24) is 25.1 Å². The topological polar surface area (TPSA) is 78.4 Å². The van der Waals surface area contributed by atoms with Crippen molar-refractivity contribution in [3.05, 3.63) is 60.2 Å². The highest BCUT2D eigenvalue weighted by molar-refractivity contribution is 5.89. The minimum Gasteiger partial charge on any atom is -0.340 e. The summed E-state index contributed by atoms with van der Waals surface area (Å²) in [4.78, 5) is 38.0. The van der Waals surface area contributed by atoms with Gasteiger partial charge in [0, 0.05) is 39.5 Å². The van der Waals surface area contributed by atoms with Crippen molar-refractivity contribution in [2.45, 2.75) is 25.9 Å². The molecule has 0 radical (unpaired) electrons. The lowest BCUT2D eigenvalue weighted by Gasteiger charge is -2.32. The van der Waals surface area contributed by atoms with Crippen LogP contribution in [0.1, 0.15) is 24.2 Å². The van der Waals surface area contributed by atoms with E-state index in [0.717, 1.165) is 17.9 Å². The molecular formula is C21H27N5O2. The zero-order valence-electron chi connectivity index (χ0n) is 16.5. The number of carbonyl (C=O) groups excluding carboxylic acids is 2. The van der Waals surface area contributed by atoms with Crippen LogP contribution in [0.3, 0.4) is 0 Å². The average Bonchev–Trinajstić information content (AvgIpc) is 3.18. The number of hydrogen-bond acceptors (Lipinski definition) is 5. The number of rotatable bonds is 7. The number of nitrogens with one attached hydrogen (secondary N) is 1. The fourth-order valence-corrected chi connectivity index (χ4v) is 3.61. The lowest BCUT2D eigenvalue weighted by molar-refractivity contribution is -0.146. The van der Waals surface area contributed by atoms with Gasteiger partial charge in [-0.1, -0.05) is 12.1 Å². The second-order valence-electron chi connectivity index (χ2n) is 7.44. The smallest absolute Gasteiger partial charge is 0.230 e. The van der Waals surface area contributed by atoms with E-state index < -0.39 is 5.41 Å². The number of aromatic nitrogens is 2. The zero-order valence-corrected chi connectivity index (χ0v) is 16.5. The van der Waals surface area contributed by atoms with E-state index in [-0.39, 0.29) is 18.2 Å². The van der Waals surface area contributed by atoms with Gasteiger partial charge in [0.1, 0.15) is 0 Å². The van der Waals surface area contributed by atoms with Gasteiger partial charge in [0.25, 0.3) is 0 Å². The molecule has 0 spiro atoms. The summed E-state index contributed by atoms with van der Waals surface area (Å²) in [6, 6.07) is 11.3. The Hall–Kier alpha value is -2.80. The van der Waals surface area contributed by atoms with E-state index in [1.807, 2.05) is 36.4 Å². The molecule has 1 fully saturated rings. The van der Waals surface area contributed by atoms with Crippen molar-refractivity contribution < 1.29 is 9.59 Å². The minimum absolute atomic E-state index is 0.0114. The normalized spacial score (nSPS) is 18.6. The molecular weight excluding hydrogens is 354 g/mol. The molecule has 1 atom stereocenters. The predicted octanol–water partition coefficient (Wildman–Crippen LogP) is 1.46. The van der Waals surface area contributed by atoms with Crippen LogP contribution in [0, 0.1) is 5.41 Å². The molecule has 148 valence electrons. The molecule has 0 saturated carbocycles. The van der Waals surface area contributed by atoms with Crippen molar-refractivity contribution in [2.24, 2.45) is 5.41 Å². The minimum atomic E-state index is -0.709. The van der Waals surface area contributed by atoms with E-state index in [0.29, 0.717) is 26.1 Å². The van der Waals surface area contributed by atoms with Crippen LogP contribution < -0.4 is 5.32 Å². The van der Waals surface area contributed by atoms with Crippen molar-refractivity contribution in [2.75, 3.05) is 27.2 Å². The summed E-state index contributed by atoms with van der Waals surface area (Å²) in [6.07, 6.45) is 4.28. The molecule has 7 heteroatoms. The van der Waals surface area contributed by atoms with Gasteiger partial charge in [-0.2, -0.15) is 0 Å². The van der Waals surface area contributed by atoms with Crippen molar-refractivity contribution >= 4 is 11.8 Å². The van der Waals surface area contributed by atoms with Gasteiger partial charge in [-0.15, -0.1) is 0 Å². The molecule has 3 rings (SSSR count). The first-order valence-electron chi connectivity index (χ1n) is 9.50. The second-order valence-corrected chi connectivity index (χ2v) is 7.44. The third kappa shape index (κ3) is 4.72. The Bertz CT molecular complexity index is 791. The quantitative estimate of drug-likeness (QED) is 0.786. The highest BCUT2D eigenvalue weighted by Crippen LogP contribution is 2.33. The van der Waals surface area contributed by atoms with Gasteiger partial charge in [0.15, 0.2) is 0 Å². The van der Waals surface area contributed by atoms with Crippen LogP contribution in [0.4, 0.5) is 0 Å². The fourth-order valence-electron chi connectivity index (χ4n) is 3.61. The SMILES string of the molecule is CN(Cc1ccccn1)C(=O)CC1(C(=O)N(C)Cc2ccccn2)CCNC1. The molecule has 1 unspecified atom stereocenters. The summed E-state index contributed by atoms with van der Waals surface area (Å²) in [5.74, 6) is -0.0586. The van der Waals surface area contributed by atoms with Crippen LogP contribution in [0.2, 0.25) is 0 Å². The summed E-state index contributed by atoms with van der Waals surface area (Å²) >= 11 is 0. The lowest BCUT2D eigenvalue weighted by Crippen LogP contribution is -2.46. The first-order valence-corrected chi connectivity index (χ1v) is 9.50. The Kier molecular flexibility index (Phi) is 6.36. The van der Waals surface area contributed by atoms with Crippen LogP contribution >= 0.6 is 0 Å². The molecule has 0 bridgehead atoms. The first kappa shape index (κ1) is 19.9. The van der Waals surface area contributed by atoms with Crippen LogP contribution in [0.15, 0.2) is 48.8 Å². The van der Waals surface area contributed by atoms with Crippen LogP contribution in [-0.4, -0.2) is 58.8 Å². The Balaban J connectivity index is 1.67. The molecule has 2 aromatic rings. The van der Waals surface area contributed by atoms with Gasteiger partial charge in [-0.05, 0) is 37.2 Å². The second kappa shape index (κ2) is 8.93. The summed E-state index contributed by atoms with van der Waals surface area (Å²) in [5, 5.41) is 3.26. The lowest BCUT2D eigenvalue weighted by atomic mass is 9.81. The molecule has 1 aliphatic heterocycles. The van der Waals surface area contributed by atoms with Crippen LogP contribution in [0.25, 0.3) is 0 Å². The molecule has 1 aliphatic rings. The van der Waals surface area contributed by atoms with E-state index in [2.05, 4.69) is 15.3 Å². The van der Waals surface area contributed by atoms with Gasteiger partial charge in [0.2, 0.25) is 11.8 Å². The summed E-state index contributed by atoms with van der Waals surface area (Å²) < 4.78 is 0. The third-order valence-corrected chi connectivity index (χ3v) is 5.21. The number of pyridine rings is 2. The van der Waals surface area contributed by atoms with Gasteiger partial charge in [0.05, 0.1) is 29.9 Å². The maximum Gasteiger partial charge on any atom is 0.230 e. The van der Waals surface area contributed by atoms with E-state index in [9.17, 15) is 9.59 Å². The fraction of sp³-hybridized carbons (Fsp3) is 0.429. The summed E-state index contributed by atoms with van der Waals surface area (Å²) in [5.41, 5.74) is 0.951. The summed E-state index contributed by atoms with van der Waals surface area (Å²) in [7, 11) is 3.54. The first-order chi connectivity index (χ1) is 13.5. The van der Waals surface area contributed by atoms with Crippen LogP contribution in [-0.2, 0) is 22.7 Å². The number of hydrogen-bond donors (Lipinski definition) is 1. The van der Waals surface area contributed by atoms with Crippen LogP contribution in [0.5, 0.6) is 0 Å². The number of nitrogens with zero attached hydrogens (tertiary/aromatic N) is 4. The van der Waals surface area contributed by atoms with Crippen molar-refractivity contribution in [1.29, 1.82) is 0 Å². The molecule has 0 aliphatic carbocycles. The molecule has 2 amide bonds. The third-order valence-electron chi connectivity index (χ3n) is 5.21. The van der Waals surface area contributed by atoms with E-state index >= 15 is 0 Å². The van der Waals surface area contributed by atoms with Gasteiger partial charge in [-0.25, -0.2) is 0 Å². The molecule has 3 heterocycles. The van der Waals surface area contributed by atoms with E-state index in [1.54, 1.807) is 36.3 Å². The molecule has 2 aromatic heterocycles. The molecule has 7 nitrogen and oxygen atoms in total. The molecule has 1 N–H and O–H groups in total. The standard InChI is InChI=1S/C21H27N5O2/c1-25(14-17-7-3-5-10-23-17)19(27)13-21(9-12-22-16-21)20(28)26(2)15-18-8-4-6-11-24-18/h3-8,10-11,22H,9,12-16H2,1-2H3. The van der Waals surface area contributed by atoms with Gasteiger partial charge < -0.3 is 15.1 Å². The number of amides is 2. The highest BCUT2D eigenvalue weighted by atomic mass is 16.2. The Morgan fingerprint density at radius 2 is 1.61 bits per heavy atom. The Morgan fingerprint density at radius 1 is 1.00 bits per heavy atom. The summed E-state index contributed by atoms with van der Waals surface area (Å²) in [6.45, 7) is 2.11. The zero-order chi connectivity index (χ0) is 20.0. The van der Waals surface area contributed by atoms with Crippen molar-refractivity contribution in [3.63, 3.8) is 0 Å². The maximum atomic E-state index is 13.3. The Morgan fingerprint density at radius 3 is 2.11 bits per heavy atom. The average molecular weight is 381 g/mol.